The first-order chi connectivity index (χ1) is 29.3. The van der Waals surface area contributed by atoms with E-state index in [0.717, 1.165) is 0 Å². The van der Waals surface area contributed by atoms with E-state index in [-0.39, 0.29) is 78.9 Å². The third-order valence-corrected chi connectivity index (χ3v) is 10.7. The van der Waals surface area contributed by atoms with Crippen LogP contribution >= 0.6 is 0 Å². The Morgan fingerprint density at radius 2 is 0.629 bits per heavy atom. The van der Waals surface area contributed by atoms with E-state index in [2.05, 4.69) is 6.58 Å². The predicted molar refractivity (Wildman–Crippen MR) is 197 cm³/mol. The third kappa shape index (κ3) is 14.9. The lowest BCUT2D eigenvalue weighted by molar-refractivity contribution is -0.290. The molecule has 0 aromatic rings. The van der Waals surface area contributed by atoms with E-state index in [0.29, 0.717) is 5.57 Å². The van der Waals surface area contributed by atoms with E-state index in [1.807, 2.05) is 0 Å². The van der Waals surface area contributed by atoms with Crippen molar-refractivity contribution in [1.29, 1.82) is 0 Å². The minimum Gasteiger partial charge on any atom is -0.387 e. The topological polar surface area (TPSA) is 416 Å². The van der Waals surface area contributed by atoms with Crippen LogP contribution in [0, 0.1) is 0 Å². The molecular weight excluding hydrogens is 848 g/mol. The average molecular weight is 913 g/mol. The van der Waals surface area contributed by atoms with E-state index in [4.69, 9.17) is 47.4 Å². The van der Waals surface area contributed by atoms with Gasteiger partial charge in [0.15, 0.2) is 25.2 Å². The standard InChI is InChI=1S/C36H64O26/c1-14(6-57-15(8-55-12-19-23(39)27(43)31(47)35(51)61-19)2-4-53-10-17-21(37)25(41)29(45)33(49)59-17)7-58-16(9-56-13-20-24(40)28(44)32(48)36(52)62-20)3-5-54-11-18-22(38)26(42)30(46)34(50)60-18/h15-52H,1-13H2/t15?,16?,17-,18-,19-,20-,21+,22+,23+,24+,25+,26+,27+,28+,29-,30-,31-,32-,33+,34+,35+,36+/m1/s1. The fraction of sp³-hybridized carbons (Fsp3) is 0.944. The molecule has 62 heavy (non-hydrogen) atoms. The lowest BCUT2D eigenvalue weighted by Gasteiger charge is -2.38. The first-order valence-corrected chi connectivity index (χ1v) is 20.0. The van der Waals surface area contributed by atoms with Gasteiger partial charge in [0.05, 0.1) is 65.1 Å². The Hall–Kier alpha value is -1.30. The number of aliphatic hydroxyl groups excluding tert-OH is 16. The second-order valence-corrected chi connectivity index (χ2v) is 15.6. The van der Waals surface area contributed by atoms with Crippen LogP contribution in [0.2, 0.25) is 0 Å². The summed E-state index contributed by atoms with van der Waals surface area (Å²) in [5, 5.41) is 159. The predicted octanol–water partition coefficient (Wildman–Crippen LogP) is -9.64. The Morgan fingerprint density at radius 3 is 0.903 bits per heavy atom. The van der Waals surface area contributed by atoms with Gasteiger partial charge in [0.25, 0.3) is 0 Å². The largest absolute Gasteiger partial charge is 0.387 e. The van der Waals surface area contributed by atoms with Crippen molar-refractivity contribution < 1.29 is 129 Å². The van der Waals surface area contributed by atoms with Gasteiger partial charge in [-0.15, -0.1) is 0 Å². The van der Waals surface area contributed by atoms with Gasteiger partial charge in [0, 0.05) is 13.2 Å². The van der Waals surface area contributed by atoms with E-state index in [9.17, 15) is 81.7 Å². The Bertz CT molecular complexity index is 1200. The molecule has 4 aliphatic rings. The van der Waals surface area contributed by atoms with Crippen molar-refractivity contribution in [2.45, 2.75) is 148 Å². The quantitative estimate of drug-likeness (QED) is 0.0316. The van der Waals surface area contributed by atoms with Crippen LogP contribution in [0.3, 0.4) is 0 Å². The first-order valence-electron chi connectivity index (χ1n) is 20.0. The molecule has 26 heteroatoms. The number of hydrogen-bond donors (Lipinski definition) is 16. The molecule has 4 fully saturated rings. The van der Waals surface area contributed by atoms with Gasteiger partial charge >= 0.3 is 0 Å². The second kappa shape index (κ2) is 25.6. The van der Waals surface area contributed by atoms with Crippen LogP contribution in [-0.2, 0) is 47.4 Å². The molecule has 0 aromatic carbocycles. The maximum Gasteiger partial charge on any atom is 0.184 e. The van der Waals surface area contributed by atoms with Crippen molar-refractivity contribution in [2.75, 3.05) is 66.1 Å². The molecular formula is C36H64O26. The van der Waals surface area contributed by atoms with Crippen molar-refractivity contribution in [3.8, 4) is 0 Å². The summed E-state index contributed by atoms with van der Waals surface area (Å²) in [7, 11) is 0. The van der Waals surface area contributed by atoms with Crippen molar-refractivity contribution in [3.05, 3.63) is 12.2 Å². The average Bonchev–Trinajstić information content (AvgIpc) is 3.25. The zero-order valence-corrected chi connectivity index (χ0v) is 33.6. The Labute approximate surface area is 355 Å². The van der Waals surface area contributed by atoms with Gasteiger partial charge in [-0.25, -0.2) is 0 Å². The van der Waals surface area contributed by atoms with Gasteiger partial charge in [0.2, 0.25) is 0 Å². The van der Waals surface area contributed by atoms with Crippen LogP contribution < -0.4 is 0 Å². The Kier molecular flexibility index (Phi) is 22.0. The molecule has 26 nitrogen and oxygen atoms in total. The highest BCUT2D eigenvalue weighted by Gasteiger charge is 2.46. The highest BCUT2D eigenvalue weighted by atomic mass is 16.7. The summed E-state index contributed by atoms with van der Waals surface area (Å²) < 4.78 is 55.0. The van der Waals surface area contributed by atoms with E-state index in [1.54, 1.807) is 0 Å². The van der Waals surface area contributed by atoms with Crippen LogP contribution in [0.1, 0.15) is 12.8 Å². The van der Waals surface area contributed by atoms with Gasteiger partial charge in [-0.1, -0.05) is 6.58 Å². The number of ether oxygens (including phenoxy) is 10. The fourth-order valence-electron chi connectivity index (χ4n) is 6.68. The van der Waals surface area contributed by atoms with Crippen LogP contribution in [0.5, 0.6) is 0 Å². The van der Waals surface area contributed by atoms with Gasteiger partial charge in [0.1, 0.15) is 97.7 Å². The van der Waals surface area contributed by atoms with Crippen LogP contribution in [0.25, 0.3) is 0 Å². The van der Waals surface area contributed by atoms with Gasteiger partial charge in [-0.3, -0.25) is 0 Å². The van der Waals surface area contributed by atoms with Crippen molar-refractivity contribution >= 4 is 0 Å². The smallest absolute Gasteiger partial charge is 0.184 e. The SMILES string of the molecule is C=C(COC(CCOC[C@H]1O[C@H](O)[C@H](O)[C@@H](O)[C@H]1O)COC[C@H]1O[C@H](O)[C@H](O)[C@@H](O)[C@H]1O)COC(CCOC[C@H]1O[C@H](O)[C@H](O)[C@@H](O)[C@H]1O)COC[C@H]1O[C@H](O)[C@H](O)[C@@H](O)[C@H]1O. The molecule has 0 aliphatic carbocycles. The van der Waals surface area contributed by atoms with Crippen LogP contribution in [-0.4, -0.2) is 283 Å². The maximum absolute atomic E-state index is 10.3. The highest BCUT2D eigenvalue weighted by Crippen LogP contribution is 2.24. The monoisotopic (exact) mass is 912 g/mol. The first kappa shape index (κ1) is 53.3. The van der Waals surface area contributed by atoms with E-state index >= 15 is 0 Å². The van der Waals surface area contributed by atoms with E-state index < -0.39 is 135 Å². The maximum atomic E-state index is 10.3. The summed E-state index contributed by atoms with van der Waals surface area (Å²) in [6.07, 6.45) is -33.4. The summed E-state index contributed by atoms with van der Waals surface area (Å²) in [6, 6.07) is 0. The molecule has 0 radical (unpaired) electrons. The molecule has 16 N–H and O–H groups in total. The molecule has 4 rings (SSSR count). The summed E-state index contributed by atoms with van der Waals surface area (Å²) in [4.78, 5) is 0. The van der Waals surface area contributed by atoms with Gasteiger partial charge < -0.3 is 129 Å². The lowest BCUT2D eigenvalue weighted by atomic mass is 9.99. The molecule has 4 saturated heterocycles. The zero-order chi connectivity index (χ0) is 45.8. The molecule has 4 heterocycles. The minimum atomic E-state index is -1.79. The Balaban J connectivity index is 1.30. The highest BCUT2D eigenvalue weighted by molar-refractivity contribution is 4.96. The van der Waals surface area contributed by atoms with Crippen molar-refractivity contribution in [3.63, 3.8) is 0 Å². The summed E-state index contributed by atoms with van der Waals surface area (Å²) in [5.74, 6) is 0. The summed E-state index contributed by atoms with van der Waals surface area (Å²) in [5.41, 5.74) is 0.375. The number of aliphatic hydroxyl groups is 16. The van der Waals surface area contributed by atoms with Crippen molar-refractivity contribution in [2.24, 2.45) is 0 Å². The normalized spacial score (nSPS) is 42.7. The number of hydrogen-bond acceptors (Lipinski definition) is 26. The molecule has 0 amide bonds. The minimum absolute atomic E-state index is 0.0578. The summed E-state index contributed by atoms with van der Waals surface area (Å²) in [6.45, 7) is 1.89. The summed E-state index contributed by atoms with van der Waals surface area (Å²) >= 11 is 0. The molecule has 2 unspecified atom stereocenters. The molecule has 22 atom stereocenters. The molecule has 4 aliphatic heterocycles. The third-order valence-electron chi connectivity index (χ3n) is 10.7. The molecule has 0 bridgehead atoms. The van der Waals surface area contributed by atoms with Gasteiger partial charge in [-0.05, 0) is 18.4 Å². The zero-order valence-electron chi connectivity index (χ0n) is 33.6. The van der Waals surface area contributed by atoms with Crippen LogP contribution in [0.4, 0.5) is 0 Å². The molecule has 0 spiro atoms. The molecule has 0 aromatic heterocycles. The van der Waals surface area contributed by atoms with Crippen LogP contribution in [0.15, 0.2) is 12.2 Å². The van der Waals surface area contributed by atoms with E-state index in [1.165, 1.54) is 0 Å². The van der Waals surface area contributed by atoms with Gasteiger partial charge in [-0.2, -0.15) is 0 Å². The molecule has 364 valence electrons. The van der Waals surface area contributed by atoms with Crippen molar-refractivity contribution in [1.82, 2.24) is 0 Å². The Morgan fingerprint density at radius 1 is 0.371 bits per heavy atom. The second-order valence-electron chi connectivity index (χ2n) is 15.6. The number of rotatable bonds is 24. The lowest BCUT2D eigenvalue weighted by Crippen LogP contribution is -2.58. The molecule has 0 saturated carbocycles. The fourth-order valence-corrected chi connectivity index (χ4v) is 6.68.